The second-order valence-electron chi connectivity index (χ2n) is 11.1. The number of hydrogen-bond donors (Lipinski definition) is 2. The smallest absolute Gasteiger partial charge is 0.102 e. The number of aliphatic hydroxyl groups is 2. The van der Waals surface area contributed by atoms with E-state index in [1.165, 1.54) is 51.4 Å². The molecule has 0 spiro atoms. The minimum absolute atomic E-state index is 0.427. The topological polar surface area (TPSA) is 40.5 Å². The molecule has 2 heteroatoms. The maximum atomic E-state index is 10.3. The van der Waals surface area contributed by atoms with Gasteiger partial charge in [-0.25, -0.2) is 0 Å². The first-order valence-electron chi connectivity index (χ1n) is 12.3. The molecular weight excluding hydrogens is 368 g/mol. The van der Waals surface area contributed by atoms with Crippen LogP contribution in [0.2, 0.25) is 0 Å². The fourth-order valence-electron chi connectivity index (χ4n) is 6.70. The average molecular weight is 413 g/mol. The first-order chi connectivity index (χ1) is 14.1. The molecule has 168 valence electrons. The molecule has 3 aliphatic carbocycles. The predicted molar refractivity (Wildman–Crippen MR) is 127 cm³/mol. The van der Waals surface area contributed by atoms with Crippen molar-refractivity contribution in [3.63, 3.8) is 0 Å². The van der Waals surface area contributed by atoms with Crippen molar-refractivity contribution < 1.29 is 10.2 Å². The summed E-state index contributed by atoms with van der Waals surface area (Å²) in [6.45, 7) is 17.6. The van der Waals surface area contributed by atoms with Gasteiger partial charge in [0.25, 0.3) is 0 Å². The van der Waals surface area contributed by atoms with E-state index in [9.17, 15) is 10.2 Å². The summed E-state index contributed by atoms with van der Waals surface area (Å²) < 4.78 is 0. The maximum absolute atomic E-state index is 10.3. The van der Waals surface area contributed by atoms with Gasteiger partial charge in [-0.05, 0) is 77.9 Å². The second-order valence-corrected chi connectivity index (χ2v) is 11.1. The maximum Gasteiger partial charge on any atom is 0.102 e. The number of rotatable bonds is 6. The molecule has 3 aliphatic rings. The Morgan fingerprint density at radius 3 is 2.53 bits per heavy atom. The van der Waals surface area contributed by atoms with Gasteiger partial charge in [-0.1, -0.05) is 77.8 Å². The van der Waals surface area contributed by atoms with Crippen LogP contribution in [0.4, 0.5) is 0 Å². The van der Waals surface area contributed by atoms with Gasteiger partial charge in [-0.2, -0.15) is 0 Å². The third-order valence-corrected chi connectivity index (χ3v) is 8.60. The Bertz CT molecular complexity index is 712. The van der Waals surface area contributed by atoms with Crippen LogP contribution in [0.3, 0.4) is 0 Å². The highest BCUT2D eigenvalue weighted by atomic mass is 16.3. The summed E-state index contributed by atoms with van der Waals surface area (Å²) in [7, 11) is 0. The number of allylic oxidation sites excluding steroid dienone is 3. The molecule has 0 aliphatic heterocycles. The van der Waals surface area contributed by atoms with E-state index in [4.69, 9.17) is 0 Å². The van der Waals surface area contributed by atoms with E-state index in [1.807, 2.05) is 0 Å². The number of aliphatic hydroxyl groups excluding tert-OH is 2. The van der Waals surface area contributed by atoms with Crippen LogP contribution in [0.1, 0.15) is 85.5 Å². The zero-order chi connectivity index (χ0) is 22.1. The van der Waals surface area contributed by atoms with E-state index in [0.29, 0.717) is 28.9 Å². The summed E-state index contributed by atoms with van der Waals surface area (Å²) in [5.74, 6) is 3.14. The zero-order valence-corrected chi connectivity index (χ0v) is 19.8. The Kier molecular flexibility index (Phi) is 7.51. The highest BCUT2D eigenvalue weighted by molar-refractivity contribution is 5.45. The standard InChI is InChI=1S/C28H44O2/c1-18(2)9-7-10-19(3)24-14-15-25-22(11-8-16-28(24,25)6)12-13-23-17-26(29)21(5)27(30)20(23)4/h12-13,18-19,24-27,29-30H,4-5,7-11,14-17H2,1-3,6H3/b22-12?,23-13-/t19-,24+,25?,26+,27-,28+/m0/s1. The summed E-state index contributed by atoms with van der Waals surface area (Å²) in [5.41, 5.74) is 4.15. The van der Waals surface area contributed by atoms with E-state index in [0.717, 1.165) is 23.3 Å². The second kappa shape index (κ2) is 9.57. The lowest BCUT2D eigenvalue weighted by molar-refractivity contribution is 0.0928. The fraction of sp³-hybridized carbons (Fsp3) is 0.714. The van der Waals surface area contributed by atoms with Crippen molar-refractivity contribution in [1.82, 2.24) is 0 Å². The molecule has 1 unspecified atom stereocenters. The summed E-state index contributed by atoms with van der Waals surface area (Å²) in [6, 6.07) is 0. The Balaban J connectivity index is 1.73. The van der Waals surface area contributed by atoms with Gasteiger partial charge in [-0.15, -0.1) is 0 Å². The minimum atomic E-state index is -0.822. The lowest BCUT2D eigenvalue weighted by atomic mass is 9.60. The molecule has 3 fully saturated rings. The van der Waals surface area contributed by atoms with Crippen molar-refractivity contribution in [1.29, 1.82) is 0 Å². The van der Waals surface area contributed by atoms with E-state index in [-0.39, 0.29) is 0 Å². The van der Waals surface area contributed by atoms with Gasteiger partial charge in [-0.3, -0.25) is 0 Å². The highest BCUT2D eigenvalue weighted by Crippen LogP contribution is 2.60. The van der Waals surface area contributed by atoms with Crippen LogP contribution >= 0.6 is 0 Å². The normalized spacial score (nSPS) is 38.5. The van der Waals surface area contributed by atoms with Crippen molar-refractivity contribution in [2.45, 2.75) is 97.7 Å². The molecule has 0 heterocycles. The summed E-state index contributed by atoms with van der Waals surface area (Å²) in [4.78, 5) is 0. The predicted octanol–water partition coefficient (Wildman–Crippen LogP) is 6.76. The Morgan fingerprint density at radius 2 is 1.83 bits per heavy atom. The highest BCUT2D eigenvalue weighted by Gasteiger charge is 2.50. The zero-order valence-electron chi connectivity index (χ0n) is 19.8. The van der Waals surface area contributed by atoms with Crippen LogP contribution in [0.25, 0.3) is 0 Å². The average Bonchev–Trinajstić information content (AvgIpc) is 3.05. The fourth-order valence-corrected chi connectivity index (χ4v) is 6.70. The molecule has 0 bridgehead atoms. The first kappa shape index (κ1) is 23.5. The minimum Gasteiger partial charge on any atom is -0.388 e. The van der Waals surface area contributed by atoms with Crippen LogP contribution in [0.5, 0.6) is 0 Å². The molecular formula is C28H44O2. The lowest BCUT2D eigenvalue weighted by Crippen LogP contribution is -2.36. The monoisotopic (exact) mass is 412 g/mol. The van der Waals surface area contributed by atoms with E-state index in [2.05, 4.69) is 53.0 Å². The number of hydrogen-bond acceptors (Lipinski definition) is 2. The third-order valence-electron chi connectivity index (χ3n) is 8.60. The van der Waals surface area contributed by atoms with Crippen LogP contribution in [-0.4, -0.2) is 22.4 Å². The SMILES string of the molecule is C=C1/C(=C\C=C2CCC[C@@]3(C)C2CC[C@@H]3[C@@H](C)CCCC(C)C)C[C@@H](O)C(=C)[C@H]1O. The molecule has 0 aromatic rings. The molecule has 6 atom stereocenters. The van der Waals surface area contributed by atoms with Crippen LogP contribution in [-0.2, 0) is 0 Å². The van der Waals surface area contributed by atoms with Crippen molar-refractivity contribution in [3.8, 4) is 0 Å². The molecule has 3 saturated carbocycles. The molecule has 30 heavy (non-hydrogen) atoms. The van der Waals surface area contributed by atoms with Gasteiger partial charge in [0, 0.05) is 6.42 Å². The lowest BCUT2D eigenvalue weighted by Gasteiger charge is -2.44. The van der Waals surface area contributed by atoms with Gasteiger partial charge in [0.05, 0.1) is 6.10 Å². The summed E-state index contributed by atoms with van der Waals surface area (Å²) in [5, 5.41) is 20.5. The molecule has 0 saturated heterocycles. The van der Waals surface area contributed by atoms with Gasteiger partial charge < -0.3 is 10.2 Å². The van der Waals surface area contributed by atoms with Gasteiger partial charge in [0.1, 0.15) is 6.10 Å². The van der Waals surface area contributed by atoms with Crippen LogP contribution in [0.15, 0.2) is 47.6 Å². The molecule has 2 N–H and O–H groups in total. The quantitative estimate of drug-likeness (QED) is 0.473. The molecule has 3 rings (SSSR count). The molecule has 0 aromatic carbocycles. The largest absolute Gasteiger partial charge is 0.388 e. The Morgan fingerprint density at radius 1 is 1.10 bits per heavy atom. The van der Waals surface area contributed by atoms with E-state index < -0.39 is 12.2 Å². The Labute approximate surface area is 184 Å². The van der Waals surface area contributed by atoms with E-state index >= 15 is 0 Å². The van der Waals surface area contributed by atoms with Crippen LogP contribution < -0.4 is 0 Å². The van der Waals surface area contributed by atoms with Crippen molar-refractivity contribution in [2.24, 2.45) is 29.1 Å². The third kappa shape index (κ3) is 4.70. The van der Waals surface area contributed by atoms with E-state index in [1.54, 1.807) is 5.57 Å². The van der Waals surface area contributed by atoms with Crippen molar-refractivity contribution in [2.75, 3.05) is 0 Å². The van der Waals surface area contributed by atoms with Crippen molar-refractivity contribution in [3.05, 3.63) is 47.6 Å². The molecule has 0 amide bonds. The van der Waals surface area contributed by atoms with Gasteiger partial charge >= 0.3 is 0 Å². The van der Waals surface area contributed by atoms with Crippen LogP contribution in [0, 0.1) is 29.1 Å². The summed E-state index contributed by atoms with van der Waals surface area (Å²) >= 11 is 0. The first-order valence-corrected chi connectivity index (χ1v) is 12.3. The molecule has 0 radical (unpaired) electrons. The summed E-state index contributed by atoms with van der Waals surface area (Å²) in [6.07, 6.45) is 14.0. The molecule has 2 nitrogen and oxygen atoms in total. The number of fused-ring (bicyclic) bond motifs is 1. The molecule has 0 aromatic heterocycles. The Hall–Kier alpha value is -1.12. The van der Waals surface area contributed by atoms with Gasteiger partial charge in [0.15, 0.2) is 0 Å². The van der Waals surface area contributed by atoms with Crippen molar-refractivity contribution >= 4 is 0 Å². The van der Waals surface area contributed by atoms with Gasteiger partial charge in [0.2, 0.25) is 0 Å².